The highest BCUT2D eigenvalue weighted by molar-refractivity contribution is 5.53. The van der Waals surface area contributed by atoms with E-state index in [0.717, 1.165) is 23.8 Å². The summed E-state index contributed by atoms with van der Waals surface area (Å²) in [6.45, 7) is 4.55. The van der Waals surface area contributed by atoms with Gasteiger partial charge in [-0.3, -0.25) is 4.98 Å². The predicted molar refractivity (Wildman–Crippen MR) is 52.5 cm³/mol. The van der Waals surface area contributed by atoms with Gasteiger partial charge in [-0.05, 0) is 24.8 Å². The van der Waals surface area contributed by atoms with Gasteiger partial charge in [-0.15, -0.1) is 0 Å². The maximum Gasteiger partial charge on any atom is 0.129 e. The van der Waals surface area contributed by atoms with Gasteiger partial charge in [0.05, 0.1) is 6.61 Å². The second kappa shape index (κ2) is 3.60. The summed E-state index contributed by atoms with van der Waals surface area (Å²) >= 11 is 0. The van der Waals surface area contributed by atoms with Crippen LogP contribution in [-0.2, 0) is 0 Å². The zero-order valence-corrected chi connectivity index (χ0v) is 7.57. The number of hydrogen-bond acceptors (Lipinski definition) is 2. The molecule has 0 unspecified atom stereocenters. The van der Waals surface area contributed by atoms with Crippen LogP contribution >= 0.6 is 0 Å². The Morgan fingerprint density at radius 1 is 1.62 bits per heavy atom. The number of rotatable bonds is 4. The summed E-state index contributed by atoms with van der Waals surface area (Å²) in [5.41, 5.74) is 0.975. The third kappa shape index (κ3) is 2.08. The van der Waals surface area contributed by atoms with E-state index in [0.29, 0.717) is 0 Å². The van der Waals surface area contributed by atoms with Gasteiger partial charge in [0.25, 0.3) is 0 Å². The first-order valence-corrected chi connectivity index (χ1v) is 4.59. The predicted octanol–water partition coefficient (Wildman–Crippen LogP) is 2.51. The minimum absolute atomic E-state index is 0.783. The lowest BCUT2D eigenvalue weighted by atomic mass is 10.2. The van der Waals surface area contributed by atoms with Crippen LogP contribution in [0.4, 0.5) is 0 Å². The molecule has 0 amide bonds. The molecule has 0 bridgehead atoms. The SMILES string of the molecule is C=Cc1cnccc1OCC1CC1. The van der Waals surface area contributed by atoms with E-state index in [2.05, 4.69) is 11.6 Å². The van der Waals surface area contributed by atoms with E-state index in [1.165, 1.54) is 12.8 Å². The Hall–Kier alpha value is -1.31. The van der Waals surface area contributed by atoms with Crippen LogP contribution in [0.15, 0.2) is 25.0 Å². The van der Waals surface area contributed by atoms with E-state index < -0.39 is 0 Å². The van der Waals surface area contributed by atoms with Crippen molar-refractivity contribution in [2.24, 2.45) is 5.92 Å². The van der Waals surface area contributed by atoms with Crippen LogP contribution in [0.25, 0.3) is 6.08 Å². The highest BCUT2D eigenvalue weighted by Crippen LogP contribution is 2.30. The van der Waals surface area contributed by atoms with E-state index in [1.807, 2.05) is 6.07 Å². The van der Waals surface area contributed by atoms with E-state index in [9.17, 15) is 0 Å². The Morgan fingerprint density at radius 2 is 2.46 bits per heavy atom. The lowest BCUT2D eigenvalue weighted by Crippen LogP contribution is -2.00. The third-order valence-electron chi connectivity index (χ3n) is 2.20. The molecule has 13 heavy (non-hydrogen) atoms. The molecule has 2 heteroatoms. The highest BCUT2D eigenvalue weighted by Gasteiger charge is 2.22. The standard InChI is InChI=1S/C11H13NO/c1-2-10-7-12-6-5-11(10)13-8-9-3-4-9/h2,5-7,9H,1,3-4,8H2. The molecular formula is C11H13NO. The fraction of sp³-hybridized carbons (Fsp3) is 0.364. The summed E-state index contributed by atoms with van der Waals surface area (Å²) in [6.07, 6.45) is 7.92. The van der Waals surface area contributed by atoms with Gasteiger partial charge in [-0.1, -0.05) is 12.7 Å². The minimum Gasteiger partial charge on any atom is -0.493 e. The second-order valence-electron chi connectivity index (χ2n) is 3.37. The largest absolute Gasteiger partial charge is 0.493 e. The van der Waals surface area contributed by atoms with E-state index >= 15 is 0 Å². The fourth-order valence-corrected chi connectivity index (χ4v) is 1.17. The molecule has 1 aromatic rings. The molecule has 1 aromatic heterocycles. The Kier molecular flexibility index (Phi) is 2.30. The van der Waals surface area contributed by atoms with Crippen molar-refractivity contribution in [3.63, 3.8) is 0 Å². The Bertz CT molecular complexity index is 305. The highest BCUT2D eigenvalue weighted by atomic mass is 16.5. The van der Waals surface area contributed by atoms with Gasteiger partial charge in [0, 0.05) is 18.0 Å². The zero-order chi connectivity index (χ0) is 9.10. The molecule has 0 radical (unpaired) electrons. The summed E-state index contributed by atoms with van der Waals surface area (Å²) in [4.78, 5) is 4.01. The van der Waals surface area contributed by atoms with Gasteiger partial charge >= 0.3 is 0 Å². The molecule has 0 saturated heterocycles. The quantitative estimate of drug-likeness (QED) is 0.701. The van der Waals surface area contributed by atoms with E-state index in [-0.39, 0.29) is 0 Å². The van der Waals surface area contributed by atoms with Gasteiger partial charge in [0.1, 0.15) is 5.75 Å². The summed E-state index contributed by atoms with van der Waals surface area (Å²) in [5.74, 6) is 1.68. The molecule has 1 aliphatic carbocycles. The maximum absolute atomic E-state index is 5.64. The van der Waals surface area contributed by atoms with Gasteiger partial charge in [0.15, 0.2) is 0 Å². The lowest BCUT2D eigenvalue weighted by Gasteiger charge is -2.06. The number of aromatic nitrogens is 1. The molecule has 0 aliphatic heterocycles. The molecule has 0 atom stereocenters. The molecule has 1 heterocycles. The Labute approximate surface area is 78.3 Å². The van der Waals surface area contributed by atoms with Crippen LogP contribution < -0.4 is 4.74 Å². The molecule has 0 N–H and O–H groups in total. The summed E-state index contributed by atoms with van der Waals surface area (Å²) in [6, 6.07) is 1.89. The average Bonchev–Trinajstić information content (AvgIpc) is 2.99. The first-order chi connectivity index (χ1) is 6.40. The fourth-order valence-electron chi connectivity index (χ4n) is 1.17. The number of nitrogens with zero attached hydrogens (tertiary/aromatic N) is 1. The van der Waals surface area contributed by atoms with Gasteiger partial charge < -0.3 is 4.74 Å². The van der Waals surface area contributed by atoms with Crippen molar-refractivity contribution in [2.45, 2.75) is 12.8 Å². The van der Waals surface area contributed by atoms with Crippen molar-refractivity contribution in [3.8, 4) is 5.75 Å². The lowest BCUT2D eigenvalue weighted by molar-refractivity contribution is 0.299. The van der Waals surface area contributed by atoms with Crippen molar-refractivity contribution >= 4 is 6.08 Å². The monoisotopic (exact) mass is 175 g/mol. The topological polar surface area (TPSA) is 22.1 Å². The van der Waals surface area contributed by atoms with Crippen molar-refractivity contribution in [1.29, 1.82) is 0 Å². The van der Waals surface area contributed by atoms with Crippen LogP contribution in [0.3, 0.4) is 0 Å². The van der Waals surface area contributed by atoms with E-state index in [1.54, 1.807) is 18.5 Å². The molecule has 2 nitrogen and oxygen atoms in total. The van der Waals surface area contributed by atoms with Crippen LogP contribution in [0.2, 0.25) is 0 Å². The van der Waals surface area contributed by atoms with Crippen molar-refractivity contribution in [3.05, 3.63) is 30.6 Å². The number of hydrogen-bond donors (Lipinski definition) is 0. The summed E-state index contributed by atoms with van der Waals surface area (Å²) < 4.78 is 5.64. The van der Waals surface area contributed by atoms with Crippen LogP contribution in [0.5, 0.6) is 5.75 Å². The van der Waals surface area contributed by atoms with Crippen LogP contribution in [-0.4, -0.2) is 11.6 Å². The number of ether oxygens (including phenoxy) is 1. The Balaban J connectivity index is 2.03. The first kappa shape index (κ1) is 8.30. The molecule has 0 spiro atoms. The zero-order valence-electron chi connectivity index (χ0n) is 7.57. The van der Waals surface area contributed by atoms with Crippen molar-refractivity contribution in [1.82, 2.24) is 4.98 Å². The van der Waals surface area contributed by atoms with Crippen molar-refractivity contribution in [2.75, 3.05) is 6.61 Å². The Morgan fingerprint density at radius 3 is 3.15 bits per heavy atom. The molecule has 68 valence electrons. The minimum atomic E-state index is 0.783. The second-order valence-corrected chi connectivity index (χ2v) is 3.37. The molecule has 1 saturated carbocycles. The molecule has 2 rings (SSSR count). The molecule has 1 aliphatic rings. The molecule has 0 aromatic carbocycles. The smallest absolute Gasteiger partial charge is 0.129 e. The van der Waals surface area contributed by atoms with Crippen LogP contribution in [0.1, 0.15) is 18.4 Å². The third-order valence-corrected chi connectivity index (χ3v) is 2.20. The van der Waals surface area contributed by atoms with Gasteiger partial charge in [-0.2, -0.15) is 0 Å². The van der Waals surface area contributed by atoms with E-state index in [4.69, 9.17) is 4.74 Å². The average molecular weight is 175 g/mol. The molecule has 1 fully saturated rings. The van der Waals surface area contributed by atoms with Gasteiger partial charge in [0.2, 0.25) is 0 Å². The number of pyridine rings is 1. The first-order valence-electron chi connectivity index (χ1n) is 4.59. The van der Waals surface area contributed by atoms with Crippen molar-refractivity contribution < 1.29 is 4.74 Å². The summed E-state index contributed by atoms with van der Waals surface area (Å²) in [5, 5.41) is 0. The molecular weight excluding hydrogens is 162 g/mol. The van der Waals surface area contributed by atoms with Crippen LogP contribution in [0, 0.1) is 5.92 Å². The van der Waals surface area contributed by atoms with Gasteiger partial charge in [-0.25, -0.2) is 0 Å². The normalized spacial score (nSPS) is 15.4. The maximum atomic E-state index is 5.64. The summed E-state index contributed by atoms with van der Waals surface area (Å²) in [7, 11) is 0.